The molecule has 1 aromatic carbocycles. The number of halogens is 1. The molecule has 2 rings (SSSR count). The van der Waals surface area contributed by atoms with Crippen LogP contribution in [0.25, 0.3) is 6.08 Å². The highest BCUT2D eigenvalue weighted by molar-refractivity contribution is 7.93. The molecule has 1 aromatic rings. The number of hydrogen-bond acceptors (Lipinski definition) is 6. The van der Waals surface area contributed by atoms with Gasteiger partial charge < -0.3 is 19.1 Å². The van der Waals surface area contributed by atoms with Gasteiger partial charge in [0.15, 0.2) is 0 Å². The first-order valence-corrected chi connectivity index (χ1v) is 11.9. The molecule has 0 radical (unpaired) electrons. The maximum atomic E-state index is 13.3. The number of carbonyl (C=O) groups is 1. The van der Waals surface area contributed by atoms with Crippen molar-refractivity contribution in [3.8, 4) is 0 Å². The minimum atomic E-state index is -3.74. The van der Waals surface area contributed by atoms with Crippen LogP contribution in [0.2, 0.25) is 5.02 Å². The van der Waals surface area contributed by atoms with Gasteiger partial charge in [0.05, 0.1) is 11.5 Å². The van der Waals surface area contributed by atoms with Crippen molar-refractivity contribution < 1.29 is 27.4 Å². The van der Waals surface area contributed by atoms with Crippen molar-refractivity contribution >= 4 is 33.8 Å². The van der Waals surface area contributed by atoms with E-state index in [0.717, 1.165) is 5.56 Å². The molecule has 0 atom stereocenters. The lowest BCUT2D eigenvalue weighted by molar-refractivity contribution is -0.0287. The molecule has 0 spiro atoms. The summed E-state index contributed by atoms with van der Waals surface area (Å²) in [6.45, 7) is 6.59. The molecule has 8 nitrogen and oxygen atoms in total. The third kappa shape index (κ3) is 8.08. The molecule has 31 heavy (non-hydrogen) atoms. The van der Waals surface area contributed by atoms with E-state index in [9.17, 15) is 13.2 Å². The second-order valence-corrected chi connectivity index (χ2v) is 10.5. The molecule has 174 valence electrons. The van der Waals surface area contributed by atoms with Crippen molar-refractivity contribution in [2.45, 2.75) is 32.8 Å². The average molecular weight is 475 g/mol. The molecule has 0 N–H and O–H groups in total. The Balaban J connectivity index is 2.13. The van der Waals surface area contributed by atoms with Gasteiger partial charge in [0, 0.05) is 44.7 Å². The Hall–Kier alpha value is -1.65. The lowest BCUT2D eigenvalue weighted by Gasteiger charge is -2.35. The number of carbonyl (C=O) groups excluding carboxylic acids is 1. The molecule has 0 saturated carbocycles. The van der Waals surface area contributed by atoms with Crippen LogP contribution in [0.4, 0.5) is 4.79 Å². The summed E-state index contributed by atoms with van der Waals surface area (Å²) in [7, 11) is -2.24. The Labute approximate surface area is 189 Å². The van der Waals surface area contributed by atoms with Crippen LogP contribution in [0, 0.1) is 0 Å². The fourth-order valence-electron chi connectivity index (χ4n) is 2.94. The van der Waals surface area contributed by atoms with E-state index in [-0.39, 0.29) is 50.9 Å². The second kappa shape index (κ2) is 11.3. The highest BCUT2D eigenvalue weighted by Crippen LogP contribution is 2.23. The number of ether oxygens (including phenoxy) is 3. The van der Waals surface area contributed by atoms with Gasteiger partial charge in [-0.1, -0.05) is 23.7 Å². The molecule has 0 aliphatic carbocycles. The van der Waals surface area contributed by atoms with Gasteiger partial charge >= 0.3 is 6.09 Å². The molecule has 0 aromatic heterocycles. The summed E-state index contributed by atoms with van der Waals surface area (Å²) in [4.78, 5) is 14.0. The zero-order valence-corrected chi connectivity index (χ0v) is 20.0. The summed E-state index contributed by atoms with van der Waals surface area (Å²) >= 11 is 5.93. The maximum Gasteiger partial charge on any atom is 0.410 e. The standard InChI is InChI=1S/C21H31ClN2O6S/c1-21(2,3)30-20(25)23-10-12-24(13-11-23)31(26,27)19(9-14-29-16-28-4)15-17-5-7-18(22)8-6-17/h5-8,15H,9-14,16H2,1-4H3/b19-15+. The Morgan fingerprint density at radius 1 is 1.13 bits per heavy atom. The molecular weight excluding hydrogens is 444 g/mol. The Kier molecular flexibility index (Phi) is 9.32. The van der Waals surface area contributed by atoms with Crippen LogP contribution in [0.5, 0.6) is 0 Å². The zero-order chi connectivity index (χ0) is 23.1. The number of amides is 1. The first-order valence-electron chi connectivity index (χ1n) is 10.0. The zero-order valence-electron chi connectivity index (χ0n) is 18.5. The van der Waals surface area contributed by atoms with Gasteiger partial charge in [-0.15, -0.1) is 0 Å². The van der Waals surface area contributed by atoms with Gasteiger partial charge in [-0.2, -0.15) is 4.31 Å². The molecule has 1 amide bonds. The van der Waals surface area contributed by atoms with Crippen molar-refractivity contribution in [1.29, 1.82) is 0 Å². The molecule has 1 heterocycles. The van der Waals surface area contributed by atoms with Crippen LogP contribution in [0.15, 0.2) is 29.2 Å². The lowest BCUT2D eigenvalue weighted by atomic mass is 10.2. The smallest absolute Gasteiger partial charge is 0.410 e. The molecule has 1 aliphatic heterocycles. The number of hydrogen-bond donors (Lipinski definition) is 0. The summed E-state index contributed by atoms with van der Waals surface area (Å²) in [6, 6.07) is 6.93. The quantitative estimate of drug-likeness (QED) is 0.423. The van der Waals surface area contributed by atoms with Gasteiger partial charge in [0.2, 0.25) is 10.0 Å². The predicted octanol–water partition coefficient (Wildman–Crippen LogP) is 3.57. The number of piperazine rings is 1. The molecule has 0 bridgehead atoms. The first-order chi connectivity index (χ1) is 14.5. The number of sulfonamides is 1. The largest absolute Gasteiger partial charge is 0.444 e. The monoisotopic (exact) mass is 474 g/mol. The normalized spacial score (nSPS) is 16.4. The highest BCUT2D eigenvalue weighted by Gasteiger charge is 2.33. The average Bonchev–Trinajstić information content (AvgIpc) is 2.70. The van der Waals surface area contributed by atoms with Crippen molar-refractivity contribution in [2.24, 2.45) is 0 Å². The Morgan fingerprint density at radius 2 is 1.74 bits per heavy atom. The highest BCUT2D eigenvalue weighted by atomic mass is 35.5. The Morgan fingerprint density at radius 3 is 2.29 bits per heavy atom. The molecule has 10 heteroatoms. The predicted molar refractivity (Wildman–Crippen MR) is 120 cm³/mol. The van der Waals surface area contributed by atoms with Gasteiger partial charge in [-0.3, -0.25) is 0 Å². The third-order valence-corrected chi connectivity index (χ3v) is 6.73. The molecular formula is C21H31ClN2O6S. The fourth-order valence-corrected chi connectivity index (χ4v) is 4.67. The first kappa shape index (κ1) is 25.6. The number of nitrogens with zero attached hydrogens (tertiary/aromatic N) is 2. The number of methoxy groups -OCH3 is 1. The minimum absolute atomic E-state index is 0.0861. The maximum absolute atomic E-state index is 13.3. The van der Waals surface area contributed by atoms with E-state index in [1.165, 1.54) is 16.3 Å². The summed E-state index contributed by atoms with van der Waals surface area (Å²) in [6.07, 6.45) is 1.39. The van der Waals surface area contributed by atoms with E-state index >= 15 is 0 Å². The summed E-state index contributed by atoms with van der Waals surface area (Å²) in [5.41, 5.74) is 0.124. The summed E-state index contributed by atoms with van der Waals surface area (Å²) < 4.78 is 43.6. The van der Waals surface area contributed by atoms with E-state index in [2.05, 4.69) is 0 Å². The fraction of sp³-hybridized carbons (Fsp3) is 0.571. The van der Waals surface area contributed by atoms with E-state index < -0.39 is 21.7 Å². The van der Waals surface area contributed by atoms with Crippen LogP contribution in [-0.4, -0.2) is 76.0 Å². The van der Waals surface area contributed by atoms with Crippen molar-refractivity contribution in [1.82, 2.24) is 9.21 Å². The Bertz CT molecular complexity index is 857. The van der Waals surface area contributed by atoms with Crippen molar-refractivity contribution in [3.05, 3.63) is 39.8 Å². The van der Waals surface area contributed by atoms with Crippen LogP contribution in [-0.2, 0) is 24.2 Å². The van der Waals surface area contributed by atoms with Gasteiger partial charge in [0.1, 0.15) is 12.4 Å². The van der Waals surface area contributed by atoms with Gasteiger partial charge in [-0.05, 0) is 44.5 Å². The second-order valence-electron chi connectivity index (χ2n) is 8.10. The van der Waals surface area contributed by atoms with Crippen molar-refractivity contribution in [2.75, 3.05) is 46.7 Å². The summed E-state index contributed by atoms with van der Waals surface area (Å²) in [5.74, 6) is 0. The summed E-state index contributed by atoms with van der Waals surface area (Å²) in [5, 5.41) is 0.572. The number of rotatable bonds is 8. The van der Waals surface area contributed by atoms with E-state index in [1.54, 1.807) is 51.1 Å². The van der Waals surface area contributed by atoms with Crippen LogP contribution < -0.4 is 0 Å². The van der Waals surface area contributed by atoms with Crippen molar-refractivity contribution in [3.63, 3.8) is 0 Å². The van der Waals surface area contributed by atoms with Crippen LogP contribution in [0.1, 0.15) is 32.8 Å². The van der Waals surface area contributed by atoms with E-state index in [0.29, 0.717) is 5.02 Å². The van der Waals surface area contributed by atoms with Crippen LogP contribution >= 0.6 is 11.6 Å². The van der Waals surface area contributed by atoms with E-state index in [1.807, 2.05) is 0 Å². The molecule has 1 saturated heterocycles. The third-order valence-electron chi connectivity index (χ3n) is 4.45. The molecule has 1 fully saturated rings. The van der Waals surface area contributed by atoms with E-state index in [4.69, 9.17) is 25.8 Å². The minimum Gasteiger partial charge on any atom is -0.444 e. The van der Waals surface area contributed by atoms with Crippen LogP contribution in [0.3, 0.4) is 0 Å². The SMILES string of the molecule is COCOCC/C(=C\c1ccc(Cl)cc1)S(=O)(=O)N1CCN(C(=O)OC(C)(C)C)CC1. The molecule has 1 aliphatic rings. The number of benzene rings is 1. The topological polar surface area (TPSA) is 85.4 Å². The van der Waals surface area contributed by atoms with Gasteiger partial charge in [0.25, 0.3) is 0 Å². The molecule has 0 unspecified atom stereocenters. The lowest BCUT2D eigenvalue weighted by Crippen LogP contribution is -2.51. The van der Waals surface area contributed by atoms with Gasteiger partial charge in [-0.25, -0.2) is 13.2 Å².